The molecule has 2 aliphatic rings. The van der Waals surface area contributed by atoms with Crippen LogP contribution in [0.4, 0.5) is 4.39 Å². The molecule has 7 rings (SSSR count). The van der Waals surface area contributed by atoms with Crippen LogP contribution in [0, 0.1) is 5.82 Å². The van der Waals surface area contributed by atoms with Gasteiger partial charge in [-0.05, 0) is 59.9 Å². The van der Waals surface area contributed by atoms with E-state index in [4.69, 9.17) is 19.2 Å². The molecular formula is C36H29FN2O4S. The Morgan fingerprint density at radius 3 is 2.52 bits per heavy atom. The van der Waals surface area contributed by atoms with Crippen LogP contribution < -0.4 is 29.1 Å². The predicted octanol–water partition coefficient (Wildman–Crippen LogP) is 6.05. The first-order chi connectivity index (χ1) is 21.6. The summed E-state index contributed by atoms with van der Waals surface area (Å²) < 4.78 is 33.7. The minimum atomic E-state index is -0.336. The summed E-state index contributed by atoms with van der Waals surface area (Å²) in [6.45, 7) is 0.0672. The highest BCUT2D eigenvalue weighted by Crippen LogP contribution is 2.43. The van der Waals surface area contributed by atoms with Gasteiger partial charge in [0.1, 0.15) is 18.2 Å². The molecule has 0 fully saturated rings. The molecular weight excluding hydrogens is 575 g/mol. The molecule has 1 aliphatic carbocycles. The van der Waals surface area contributed by atoms with E-state index in [2.05, 4.69) is 18.2 Å². The zero-order chi connectivity index (χ0) is 30.2. The van der Waals surface area contributed by atoms with Crippen LogP contribution in [0.5, 0.6) is 17.2 Å². The molecule has 6 nitrogen and oxygen atoms in total. The first-order valence-corrected chi connectivity index (χ1v) is 15.2. The maximum Gasteiger partial charge on any atom is 0.271 e. The Morgan fingerprint density at radius 1 is 0.909 bits per heavy atom. The SMILES string of the molecule is COc1cc(/C=c2\sc3n(c2=O)[C@H](c2ccccc2OC)C2=C(N=3)c3ccccc3CC2)ccc1OCc1ccccc1F. The summed E-state index contributed by atoms with van der Waals surface area (Å²) in [5, 5.41) is 0. The summed E-state index contributed by atoms with van der Waals surface area (Å²) in [6, 6.07) is 27.9. The number of nitrogens with zero attached hydrogens (tertiary/aromatic N) is 2. The number of hydrogen-bond acceptors (Lipinski definition) is 6. The maximum absolute atomic E-state index is 14.2. The monoisotopic (exact) mass is 604 g/mol. The van der Waals surface area contributed by atoms with Gasteiger partial charge >= 0.3 is 0 Å². The molecule has 0 amide bonds. The lowest BCUT2D eigenvalue weighted by Crippen LogP contribution is -2.39. The molecule has 0 N–H and O–H groups in total. The molecule has 1 aliphatic heterocycles. The van der Waals surface area contributed by atoms with Crippen molar-refractivity contribution in [1.29, 1.82) is 0 Å². The van der Waals surface area contributed by atoms with E-state index >= 15 is 0 Å². The number of halogens is 1. The maximum atomic E-state index is 14.2. The van der Waals surface area contributed by atoms with Gasteiger partial charge in [0.05, 0.1) is 30.5 Å². The third kappa shape index (κ3) is 4.91. The van der Waals surface area contributed by atoms with Gasteiger partial charge in [-0.2, -0.15) is 0 Å². The third-order valence-corrected chi connectivity index (χ3v) is 9.12. The third-order valence-electron chi connectivity index (χ3n) is 8.13. The molecule has 8 heteroatoms. The number of rotatable bonds is 7. The van der Waals surface area contributed by atoms with Crippen LogP contribution in [-0.4, -0.2) is 18.8 Å². The molecule has 5 aromatic rings. The predicted molar refractivity (Wildman–Crippen MR) is 169 cm³/mol. The Morgan fingerprint density at radius 2 is 1.68 bits per heavy atom. The Hall–Kier alpha value is -4.95. The lowest BCUT2D eigenvalue weighted by Gasteiger charge is -2.31. The number of fused-ring (bicyclic) bond motifs is 3. The average Bonchev–Trinajstić information content (AvgIpc) is 3.37. The van der Waals surface area contributed by atoms with Crippen molar-refractivity contribution < 1.29 is 18.6 Å². The standard InChI is InChI=1S/C36H29FN2O4S/c1-41-29-14-8-6-12-26(29)34-27-17-16-23-9-3-5-11-25(23)33(27)38-36-39(34)35(40)32(44-36)20-22-15-18-30(31(19-22)42-2)43-21-24-10-4-7-13-28(24)37/h3-15,18-20,34H,16-17,21H2,1-2H3/b32-20-/t34-/m1/s1. The van der Waals surface area contributed by atoms with E-state index in [0.717, 1.165) is 46.6 Å². The first-order valence-electron chi connectivity index (χ1n) is 14.4. The fourth-order valence-corrected chi connectivity index (χ4v) is 7.01. The molecule has 0 spiro atoms. The lowest BCUT2D eigenvalue weighted by molar-refractivity contribution is 0.279. The first kappa shape index (κ1) is 27.9. The van der Waals surface area contributed by atoms with Gasteiger partial charge in [0.25, 0.3) is 5.56 Å². The van der Waals surface area contributed by atoms with E-state index in [-0.39, 0.29) is 24.0 Å². The number of ether oxygens (including phenoxy) is 3. The number of methoxy groups -OCH3 is 2. The highest BCUT2D eigenvalue weighted by molar-refractivity contribution is 7.07. The van der Waals surface area contributed by atoms with Crippen molar-refractivity contribution in [1.82, 2.24) is 4.57 Å². The molecule has 1 atom stereocenters. The van der Waals surface area contributed by atoms with Crippen LogP contribution >= 0.6 is 11.3 Å². The van der Waals surface area contributed by atoms with Crippen LogP contribution in [0.15, 0.2) is 106 Å². The van der Waals surface area contributed by atoms with Gasteiger partial charge in [-0.1, -0.05) is 78.1 Å². The smallest absolute Gasteiger partial charge is 0.271 e. The number of allylic oxidation sites excluding steroid dienone is 1. The van der Waals surface area contributed by atoms with E-state index in [1.165, 1.54) is 23.0 Å². The second-order valence-corrected chi connectivity index (χ2v) is 11.7. The van der Waals surface area contributed by atoms with Crippen molar-refractivity contribution in [2.24, 2.45) is 4.99 Å². The summed E-state index contributed by atoms with van der Waals surface area (Å²) in [6.07, 6.45) is 3.53. The Bertz CT molecular complexity index is 2110. The van der Waals surface area contributed by atoms with Gasteiger partial charge in [0, 0.05) is 16.7 Å². The molecule has 220 valence electrons. The molecule has 0 bridgehead atoms. The van der Waals surface area contributed by atoms with Crippen molar-refractivity contribution in [3.05, 3.63) is 150 Å². The Balaban J connectivity index is 1.33. The van der Waals surface area contributed by atoms with Crippen molar-refractivity contribution in [3.8, 4) is 17.2 Å². The second-order valence-electron chi connectivity index (χ2n) is 10.6. The van der Waals surface area contributed by atoms with Crippen molar-refractivity contribution in [3.63, 3.8) is 0 Å². The normalized spacial score (nSPS) is 15.6. The number of thiazole rings is 1. The van der Waals surface area contributed by atoms with Crippen LogP contribution in [0.3, 0.4) is 0 Å². The molecule has 0 saturated heterocycles. The molecule has 4 aromatic carbocycles. The molecule has 1 aromatic heterocycles. The van der Waals surface area contributed by atoms with Crippen molar-refractivity contribution >= 4 is 23.1 Å². The van der Waals surface area contributed by atoms with Gasteiger partial charge in [-0.3, -0.25) is 9.36 Å². The summed E-state index contributed by atoms with van der Waals surface area (Å²) in [4.78, 5) is 19.9. The van der Waals surface area contributed by atoms with Gasteiger partial charge in [0.15, 0.2) is 16.3 Å². The molecule has 2 heterocycles. The summed E-state index contributed by atoms with van der Waals surface area (Å²) in [5.41, 5.74) is 6.47. The Kier molecular flexibility index (Phi) is 7.36. The summed E-state index contributed by atoms with van der Waals surface area (Å²) >= 11 is 1.37. The van der Waals surface area contributed by atoms with Crippen molar-refractivity contribution in [2.45, 2.75) is 25.5 Å². The fraction of sp³-hybridized carbons (Fsp3) is 0.167. The second kappa shape index (κ2) is 11.6. The molecule has 0 radical (unpaired) electrons. The molecule has 0 unspecified atom stereocenters. The van der Waals surface area contributed by atoms with E-state index in [1.54, 1.807) is 38.5 Å². The highest BCUT2D eigenvalue weighted by atomic mass is 32.1. The van der Waals surface area contributed by atoms with Crippen LogP contribution in [0.25, 0.3) is 11.8 Å². The zero-order valence-electron chi connectivity index (χ0n) is 24.2. The Labute approximate surface area is 257 Å². The number of para-hydroxylation sites is 1. The topological polar surface area (TPSA) is 62.0 Å². The zero-order valence-corrected chi connectivity index (χ0v) is 25.1. The quantitative estimate of drug-likeness (QED) is 0.227. The summed E-state index contributed by atoms with van der Waals surface area (Å²) in [7, 11) is 3.21. The van der Waals surface area contributed by atoms with E-state index in [9.17, 15) is 9.18 Å². The van der Waals surface area contributed by atoms with E-state index < -0.39 is 0 Å². The van der Waals surface area contributed by atoms with Crippen LogP contribution in [0.2, 0.25) is 0 Å². The van der Waals surface area contributed by atoms with E-state index in [1.807, 2.05) is 53.1 Å². The number of hydrogen-bond donors (Lipinski definition) is 0. The number of benzene rings is 4. The van der Waals surface area contributed by atoms with Crippen LogP contribution in [-0.2, 0) is 13.0 Å². The number of aryl methyl sites for hydroxylation is 1. The van der Waals surface area contributed by atoms with Gasteiger partial charge in [0.2, 0.25) is 0 Å². The molecule has 44 heavy (non-hydrogen) atoms. The van der Waals surface area contributed by atoms with Gasteiger partial charge in [-0.25, -0.2) is 9.38 Å². The van der Waals surface area contributed by atoms with Crippen molar-refractivity contribution in [2.75, 3.05) is 14.2 Å². The van der Waals surface area contributed by atoms with Gasteiger partial charge in [-0.15, -0.1) is 0 Å². The highest BCUT2D eigenvalue weighted by Gasteiger charge is 2.34. The van der Waals surface area contributed by atoms with E-state index in [0.29, 0.717) is 26.4 Å². The minimum Gasteiger partial charge on any atom is -0.496 e. The van der Waals surface area contributed by atoms with Crippen LogP contribution in [0.1, 0.15) is 40.3 Å². The molecule has 0 saturated carbocycles. The number of aromatic nitrogens is 1. The minimum absolute atomic E-state index is 0.0672. The lowest BCUT2D eigenvalue weighted by atomic mass is 9.83. The fourth-order valence-electron chi connectivity index (χ4n) is 6.01. The van der Waals surface area contributed by atoms with Gasteiger partial charge < -0.3 is 14.2 Å². The summed E-state index contributed by atoms with van der Waals surface area (Å²) in [5.74, 6) is 1.38. The largest absolute Gasteiger partial charge is 0.496 e. The average molecular weight is 605 g/mol.